The summed E-state index contributed by atoms with van der Waals surface area (Å²) in [6, 6.07) is -0.129. The van der Waals surface area contributed by atoms with Gasteiger partial charge in [0.1, 0.15) is 0 Å². The summed E-state index contributed by atoms with van der Waals surface area (Å²) in [7, 11) is 6.49. The zero-order valence-corrected chi connectivity index (χ0v) is 8.65. The highest BCUT2D eigenvalue weighted by molar-refractivity contribution is 5.73. The predicted octanol–water partition coefficient (Wildman–Crippen LogP) is -0.393. The van der Waals surface area contributed by atoms with E-state index in [4.69, 9.17) is 4.74 Å². The molecule has 0 aromatic carbocycles. The number of likely N-dealkylation sites (N-methyl/N-ethyl adjacent to an activating group) is 1. The van der Waals surface area contributed by atoms with Crippen molar-refractivity contribution in [3.63, 3.8) is 0 Å². The Morgan fingerprint density at radius 1 is 1.46 bits per heavy atom. The van der Waals surface area contributed by atoms with Crippen LogP contribution in [-0.2, 0) is 4.74 Å². The molecule has 0 heterocycles. The molecule has 0 spiro atoms. The summed E-state index contributed by atoms with van der Waals surface area (Å²) in [5.41, 5.74) is 0. The molecule has 0 aliphatic rings. The van der Waals surface area contributed by atoms with E-state index in [1.54, 1.807) is 21.1 Å². The first-order chi connectivity index (χ1) is 5.99. The standard InChI is InChI=1S/C8H18N2O3/c1-9(2)8(12)10(3)5-7(11)6-13-4/h7,11H,5-6H2,1-4H3. The van der Waals surface area contributed by atoms with Crippen molar-refractivity contribution in [2.75, 3.05) is 41.4 Å². The van der Waals surface area contributed by atoms with Gasteiger partial charge in [0.25, 0.3) is 0 Å². The van der Waals surface area contributed by atoms with E-state index >= 15 is 0 Å². The minimum atomic E-state index is -0.626. The molecular formula is C8H18N2O3. The summed E-state index contributed by atoms with van der Waals surface area (Å²) in [4.78, 5) is 14.2. The summed E-state index contributed by atoms with van der Waals surface area (Å²) >= 11 is 0. The third-order valence-corrected chi connectivity index (χ3v) is 1.55. The van der Waals surface area contributed by atoms with Gasteiger partial charge in [-0.2, -0.15) is 0 Å². The summed E-state index contributed by atoms with van der Waals surface area (Å²) in [5, 5.41) is 9.31. The molecule has 0 saturated carbocycles. The van der Waals surface area contributed by atoms with Crippen LogP contribution >= 0.6 is 0 Å². The SMILES string of the molecule is COCC(O)CN(C)C(=O)N(C)C. The number of urea groups is 1. The average molecular weight is 190 g/mol. The van der Waals surface area contributed by atoms with Gasteiger partial charge in [0, 0.05) is 28.3 Å². The lowest BCUT2D eigenvalue weighted by atomic mass is 10.3. The molecule has 0 radical (unpaired) electrons. The number of carbonyl (C=O) groups is 1. The van der Waals surface area contributed by atoms with Crippen LogP contribution in [0.15, 0.2) is 0 Å². The molecule has 0 aromatic heterocycles. The average Bonchev–Trinajstić information content (AvgIpc) is 2.03. The van der Waals surface area contributed by atoms with Crippen LogP contribution in [0, 0.1) is 0 Å². The van der Waals surface area contributed by atoms with Crippen molar-refractivity contribution in [3.8, 4) is 0 Å². The van der Waals surface area contributed by atoms with Crippen LogP contribution in [0.4, 0.5) is 4.79 Å². The van der Waals surface area contributed by atoms with Gasteiger partial charge in [0.05, 0.1) is 19.3 Å². The minimum Gasteiger partial charge on any atom is -0.389 e. The van der Waals surface area contributed by atoms with Gasteiger partial charge in [0.15, 0.2) is 0 Å². The Kier molecular flexibility index (Phi) is 5.41. The molecule has 0 fully saturated rings. The number of aliphatic hydroxyl groups excluding tert-OH is 1. The molecule has 0 aliphatic heterocycles. The Labute approximate surface area is 78.9 Å². The Balaban J connectivity index is 3.85. The maximum absolute atomic E-state index is 11.3. The Hall–Kier alpha value is -0.810. The Morgan fingerprint density at radius 3 is 2.38 bits per heavy atom. The van der Waals surface area contributed by atoms with Gasteiger partial charge in [-0.25, -0.2) is 4.79 Å². The van der Waals surface area contributed by atoms with Crippen LogP contribution in [0.25, 0.3) is 0 Å². The topological polar surface area (TPSA) is 53.0 Å². The quantitative estimate of drug-likeness (QED) is 0.656. The smallest absolute Gasteiger partial charge is 0.319 e. The number of methoxy groups -OCH3 is 1. The van der Waals surface area contributed by atoms with E-state index in [-0.39, 0.29) is 19.2 Å². The van der Waals surface area contributed by atoms with Gasteiger partial charge >= 0.3 is 6.03 Å². The molecule has 0 aliphatic carbocycles. The van der Waals surface area contributed by atoms with Crippen molar-refractivity contribution in [2.24, 2.45) is 0 Å². The first-order valence-corrected chi connectivity index (χ1v) is 4.08. The predicted molar refractivity (Wildman–Crippen MR) is 49.6 cm³/mol. The van der Waals surface area contributed by atoms with Crippen molar-refractivity contribution in [1.29, 1.82) is 0 Å². The lowest BCUT2D eigenvalue weighted by Crippen LogP contribution is -2.41. The second-order valence-corrected chi connectivity index (χ2v) is 3.17. The van der Waals surface area contributed by atoms with Crippen molar-refractivity contribution < 1.29 is 14.6 Å². The summed E-state index contributed by atoms with van der Waals surface area (Å²) in [5.74, 6) is 0. The highest BCUT2D eigenvalue weighted by Crippen LogP contribution is 1.94. The first kappa shape index (κ1) is 12.2. The van der Waals surface area contributed by atoms with E-state index in [1.165, 1.54) is 16.9 Å². The molecule has 1 unspecified atom stereocenters. The van der Waals surface area contributed by atoms with Crippen LogP contribution < -0.4 is 0 Å². The zero-order chi connectivity index (χ0) is 10.4. The van der Waals surface area contributed by atoms with Gasteiger partial charge in [0.2, 0.25) is 0 Å². The molecule has 5 nitrogen and oxygen atoms in total. The Bertz CT molecular complexity index is 161. The van der Waals surface area contributed by atoms with Crippen molar-refractivity contribution >= 4 is 6.03 Å². The molecule has 0 saturated heterocycles. The molecule has 1 atom stereocenters. The second-order valence-electron chi connectivity index (χ2n) is 3.17. The summed E-state index contributed by atoms with van der Waals surface area (Å²) in [6.45, 7) is 0.524. The van der Waals surface area contributed by atoms with Crippen LogP contribution in [0.5, 0.6) is 0 Å². The molecule has 0 aromatic rings. The molecule has 0 bridgehead atoms. The molecule has 13 heavy (non-hydrogen) atoms. The maximum atomic E-state index is 11.3. The van der Waals surface area contributed by atoms with E-state index in [2.05, 4.69) is 0 Å². The Morgan fingerprint density at radius 2 is 2.00 bits per heavy atom. The normalized spacial score (nSPS) is 12.4. The van der Waals surface area contributed by atoms with E-state index in [1.807, 2.05) is 0 Å². The molecule has 5 heteroatoms. The van der Waals surface area contributed by atoms with Crippen molar-refractivity contribution in [3.05, 3.63) is 0 Å². The van der Waals surface area contributed by atoms with E-state index in [9.17, 15) is 9.90 Å². The molecule has 78 valence electrons. The fourth-order valence-electron chi connectivity index (χ4n) is 0.981. The van der Waals surface area contributed by atoms with Gasteiger partial charge < -0.3 is 19.6 Å². The first-order valence-electron chi connectivity index (χ1n) is 4.08. The number of hydrogen-bond donors (Lipinski definition) is 1. The minimum absolute atomic E-state index is 0.129. The van der Waals surface area contributed by atoms with Crippen molar-refractivity contribution in [2.45, 2.75) is 6.10 Å². The second kappa shape index (κ2) is 5.77. The number of carbonyl (C=O) groups excluding carboxylic acids is 1. The molecule has 0 rings (SSSR count). The van der Waals surface area contributed by atoms with Crippen LogP contribution in [0.1, 0.15) is 0 Å². The number of aliphatic hydroxyl groups is 1. The van der Waals surface area contributed by atoms with Gasteiger partial charge in [-0.3, -0.25) is 0 Å². The van der Waals surface area contributed by atoms with Crippen LogP contribution in [0.2, 0.25) is 0 Å². The fourth-order valence-corrected chi connectivity index (χ4v) is 0.981. The van der Waals surface area contributed by atoms with E-state index in [0.717, 1.165) is 0 Å². The lowest BCUT2D eigenvalue weighted by Gasteiger charge is -2.23. The monoisotopic (exact) mass is 190 g/mol. The van der Waals surface area contributed by atoms with Crippen LogP contribution in [0.3, 0.4) is 0 Å². The highest BCUT2D eigenvalue weighted by Gasteiger charge is 2.14. The summed E-state index contributed by atoms with van der Waals surface area (Å²) < 4.78 is 4.74. The largest absolute Gasteiger partial charge is 0.389 e. The number of nitrogens with zero attached hydrogens (tertiary/aromatic N) is 2. The molecule has 1 N–H and O–H groups in total. The fraction of sp³-hybridized carbons (Fsp3) is 0.875. The number of hydrogen-bond acceptors (Lipinski definition) is 3. The zero-order valence-electron chi connectivity index (χ0n) is 8.65. The van der Waals surface area contributed by atoms with Gasteiger partial charge in [-0.1, -0.05) is 0 Å². The number of rotatable bonds is 4. The third-order valence-electron chi connectivity index (χ3n) is 1.55. The number of ether oxygens (including phenoxy) is 1. The molecule has 2 amide bonds. The van der Waals surface area contributed by atoms with Gasteiger partial charge in [-0.05, 0) is 0 Å². The van der Waals surface area contributed by atoms with Crippen molar-refractivity contribution in [1.82, 2.24) is 9.80 Å². The van der Waals surface area contributed by atoms with E-state index in [0.29, 0.717) is 0 Å². The van der Waals surface area contributed by atoms with E-state index < -0.39 is 6.10 Å². The third kappa shape index (κ3) is 4.69. The maximum Gasteiger partial charge on any atom is 0.319 e. The summed E-state index contributed by atoms with van der Waals surface area (Å²) in [6.07, 6.45) is -0.626. The number of amides is 2. The lowest BCUT2D eigenvalue weighted by molar-refractivity contribution is 0.0467. The molecular weight excluding hydrogens is 172 g/mol. The van der Waals surface area contributed by atoms with Crippen LogP contribution in [-0.4, -0.2) is 68.4 Å². The van der Waals surface area contributed by atoms with Gasteiger partial charge in [-0.15, -0.1) is 0 Å². The highest BCUT2D eigenvalue weighted by atomic mass is 16.5.